The smallest absolute Gasteiger partial charge is 0.251 e. The lowest BCUT2D eigenvalue weighted by Gasteiger charge is -2.11. The number of nitrogens with one attached hydrogen (secondary N) is 3. The Morgan fingerprint density at radius 3 is 2.62 bits per heavy atom. The highest BCUT2D eigenvalue weighted by atomic mass is 35.5. The van der Waals surface area contributed by atoms with Crippen molar-refractivity contribution in [2.24, 2.45) is 0 Å². The molecular weight excluding hydrogens is 555 g/mol. The van der Waals surface area contributed by atoms with E-state index in [0.717, 1.165) is 6.26 Å². The molecule has 0 aliphatic rings. The van der Waals surface area contributed by atoms with E-state index in [9.17, 15) is 22.4 Å². The first-order chi connectivity index (χ1) is 19.1. The molecular formula is C29H24ClFN4O4S. The van der Waals surface area contributed by atoms with Gasteiger partial charge in [-0.15, -0.1) is 0 Å². The average molecular weight is 579 g/mol. The summed E-state index contributed by atoms with van der Waals surface area (Å²) in [7, 11) is -3.59. The van der Waals surface area contributed by atoms with E-state index in [4.69, 9.17) is 11.6 Å². The van der Waals surface area contributed by atoms with Gasteiger partial charge in [-0.2, -0.15) is 0 Å². The minimum Gasteiger partial charge on any atom is -0.360 e. The van der Waals surface area contributed by atoms with Crippen LogP contribution in [0.15, 0.2) is 82.9 Å². The molecule has 0 saturated heterocycles. The number of sulfone groups is 1. The summed E-state index contributed by atoms with van der Waals surface area (Å²) in [6, 6.07) is 14.5. The van der Waals surface area contributed by atoms with Crippen molar-refractivity contribution in [2.75, 3.05) is 6.26 Å². The number of rotatable bonds is 8. The molecule has 0 aliphatic carbocycles. The highest BCUT2D eigenvalue weighted by Crippen LogP contribution is 2.26. The zero-order valence-corrected chi connectivity index (χ0v) is 22.9. The Balaban J connectivity index is 1.33. The molecule has 3 N–H and O–H groups in total. The summed E-state index contributed by atoms with van der Waals surface area (Å²) in [5.74, 6) is -0.882. The van der Waals surface area contributed by atoms with E-state index in [0.29, 0.717) is 49.4 Å². The summed E-state index contributed by atoms with van der Waals surface area (Å²) >= 11 is 6.13. The van der Waals surface area contributed by atoms with Gasteiger partial charge in [-0.3, -0.25) is 14.6 Å². The number of hydrogen-bond donors (Lipinski definition) is 3. The topological polar surface area (TPSA) is 125 Å². The van der Waals surface area contributed by atoms with Gasteiger partial charge in [0, 0.05) is 77.5 Å². The van der Waals surface area contributed by atoms with Gasteiger partial charge in [-0.1, -0.05) is 29.8 Å². The number of aromatic amines is 2. The van der Waals surface area contributed by atoms with Crippen LogP contribution in [0.2, 0.25) is 5.02 Å². The molecule has 0 unspecified atom stereocenters. The number of amides is 1. The van der Waals surface area contributed by atoms with Crippen molar-refractivity contribution in [3.63, 3.8) is 0 Å². The number of hydrogen-bond acceptors (Lipinski definition) is 5. The van der Waals surface area contributed by atoms with E-state index in [1.54, 1.807) is 54.7 Å². The van der Waals surface area contributed by atoms with E-state index in [-0.39, 0.29) is 29.8 Å². The standard InChI is InChI=1S/C29H24ClFN4O4S/c1-40(38,39)27-10-17(4-5-18(27)11-19-3-2-7-33-28(19)36)9-22-12-20(6-8-32-22)29(37)35-15-21-13-23-24(30)16-34-26(23)14-25(21)31/h2-8,10,12-14,16,34H,9,11,15H2,1H3,(H,33,36)(H,35,37). The molecule has 5 aromatic rings. The van der Waals surface area contributed by atoms with Crippen LogP contribution in [0, 0.1) is 5.82 Å². The normalized spacial score (nSPS) is 11.6. The summed E-state index contributed by atoms with van der Waals surface area (Å²) in [5, 5.41) is 3.84. The van der Waals surface area contributed by atoms with Crippen LogP contribution < -0.4 is 10.9 Å². The minimum absolute atomic E-state index is 0.0385. The third kappa shape index (κ3) is 5.98. The third-order valence-corrected chi connectivity index (χ3v) is 8.01. The van der Waals surface area contributed by atoms with Crippen LogP contribution >= 0.6 is 11.6 Å². The second-order valence-corrected chi connectivity index (χ2v) is 11.8. The van der Waals surface area contributed by atoms with Crippen molar-refractivity contribution in [1.29, 1.82) is 0 Å². The molecule has 3 aromatic heterocycles. The highest BCUT2D eigenvalue weighted by molar-refractivity contribution is 7.90. The second kappa shape index (κ2) is 11.1. The van der Waals surface area contributed by atoms with Crippen molar-refractivity contribution in [1.82, 2.24) is 20.3 Å². The van der Waals surface area contributed by atoms with Gasteiger partial charge in [-0.25, -0.2) is 12.8 Å². The van der Waals surface area contributed by atoms with Gasteiger partial charge in [0.1, 0.15) is 5.82 Å². The number of aromatic nitrogens is 3. The predicted octanol–water partition coefficient (Wildman–Crippen LogP) is 4.56. The van der Waals surface area contributed by atoms with Crippen LogP contribution in [-0.2, 0) is 29.2 Å². The maximum Gasteiger partial charge on any atom is 0.251 e. The van der Waals surface area contributed by atoms with E-state index >= 15 is 0 Å². The van der Waals surface area contributed by atoms with Crippen LogP contribution in [0.5, 0.6) is 0 Å². The molecule has 0 radical (unpaired) electrons. The molecule has 0 atom stereocenters. The lowest BCUT2D eigenvalue weighted by Crippen LogP contribution is -2.23. The van der Waals surface area contributed by atoms with Crippen LogP contribution in [0.3, 0.4) is 0 Å². The molecule has 2 aromatic carbocycles. The molecule has 0 bridgehead atoms. The number of H-pyrrole nitrogens is 2. The molecule has 5 rings (SSSR count). The number of carbonyl (C=O) groups excluding carboxylic acids is 1. The van der Waals surface area contributed by atoms with Crippen molar-refractivity contribution < 1.29 is 17.6 Å². The first-order valence-corrected chi connectivity index (χ1v) is 14.5. The fourth-order valence-electron chi connectivity index (χ4n) is 4.49. The van der Waals surface area contributed by atoms with Gasteiger partial charge in [0.15, 0.2) is 9.84 Å². The van der Waals surface area contributed by atoms with Crippen molar-refractivity contribution in [2.45, 2.75) is 24.3 Å². The van der Waals surface area contributed by atoms with Gasteiger partial charge in [0.25, 0.3) is 11.5 Å². The number of halogens is 2. The number of carbonyl (C=O) groups is 1. The zero-order valence-electron chi connectivity index (χ0n) is 21.3. The van der Waals surface area contributed by atoms with Crippen LogP contribution in [0.1, 0.15) is 38.3 Å². The Labute approximate surface area is 234 Å². The molecule has 204 valence electrons. The second-order valence-electron chi connectivity index (χ2n) is 9.44. The number of pyridine rings is 2. The molecule has 40 heavy (non-hydrogen) atoms. The molecule has 3 heterocycles. The third-order valence-electron chi connectivity index (χ3n) is 6.51. The Bertz CT molecular complexity index is 1920. The Morgan fingerprint density at radius 1 is 1.02 bits per heavy atom. The summed E-state index contributed by atoms with van der Waals surface area (Å²) < 4.78 is 39.6. The molecule has 11 heteroatoms. The molecule has 1 amide bonds. The largest absolute Gasteiger partial charge is 0.360 e. The summed E-state index contributed by atoms with van der Waals surface area (Å²) in [5.41, 5.74) is 3.10. The van der Waals surface area contributed by atoms with Gasteiger partial charge >= 0.3 is 0 Å². The molecule has 0 aliphatic heterocycles. The van der Waals surface area contributed by atoms with Crippen molar-refractivity contribution >= 4 is 38.2 Å². The average Bonchev–Trinajstić information content (AvgIpc) is 3.27. The monoisotopic (exact) mass is 578 g/mol. The zero-order chi connectivity index (χ0) is 28.4. The summed E-state index contributed by atoms with van der Waals surface area (Å²) in [6.45, 7) is -0.0385. The highest BCUT2D eigenvalue weighted by Gasteiger charge is 2.17. The minimum atomic E-state index is -3.59. The number of benzene rings is 2. The van der Waals surface area contributed by atoms with E-state index < -0.39 is 21.6 Å². The Hall–Kier alpha value is -4.28. The van der Waals surface area contributed by atoms with Crippen LogP contribution in [-0.4, -0.2) is 35.5 Å². The predicted molar refractivity (Wildman–Crippen MR) is 151 cm³/mol. The number of fused-ring (bicyclic) bond motifs is 1. The fraction of sp³-hybridized carbons (Fsp3) is 0.138. The van der Waals surface area contributed by atoms with Gasteiger partial charge in [-0.05, 0) is 47.5 Å². The lowest BCUT2D eigenvalue weighted by molar-refractivity contribution is 0.0950. The summed E-state index contributed by atoms with van der Waals surface area (Å²) in [4.78, 5) is 34.9. The first kappa shape index (κ1) is 27.3. The van der Waals surface area contributed by atoms with Crippen molar-refractivity contribution in [3.8, 4) is 0 Å². The van der Waals surface area contributed by atoms with Crippen LogP contribution in [0.25, 0.3) is 10.9 Å². The number of nitrogens with zero attached hydrogens (tertiary/aromatic N) is 1. The fourth-order valence-corrected chi connectivity index (χ4v) is 5.69. The quantitative estimate of drug-likeness (QED) is 0.249. The van der Waals surface area contributed by atoms with Gasteiger partial charge in [0.05, 0.1) is 9.92 Å². The van der Waals surface area contributed by atoms with Gasteiger partial charge in [0.2, 0.25) is 0 Å². The maximum atomic E-state index is 14.5. The summed E-state index contributed by atoms with van der Waals surface area (Å²) in [6.07, 6.45) is 6.14. The lowest BCUT2D eigenvalue weighted by atomic mass is 10.0. The maximum absolute atomic E-state index is 14.5. The van der Waals surface area contributed by atoms with Crippen molar-refractivity contribution in [3.05, 3.63) is 128 Å². The molecule has 0 spiro atoms. The van der Waals surface area contributed by atoms with E-state index in [1.807, 2.05) is 0 Å². The molecule has 0 saturated carbocycles. The van der Waals surface area contributed by atoms with E-state index in [2.05, 4.69) is 20.3 Å². The van der Waals surface area contributed by atoms with Crippen LogP contribution in [0.4, 0.5) is 4.39 Å². The first-order valence-electron chi connectivity index (χ1n) is 12.2. The Morgan fingerprint density at radius 2 is 1.85 bits per heavy atom. The Kier molecular flexibility index (Phi) is 7.55. The van der Waals surface area contributed by atoms with Gasteiger partial charge < -0.3 is 15.3 Å². The molecule has 8 nitrogen and oxygen atoms in total. The molecule has 0 fully saturated rings. The SMILES string of the molecule is CS(=O)(=O)c1cc(Cc2cc(C(=O)NCc3cc4c(Cl)c[nH]c4cc3F)ccn2)ccc1Cc1ccc[nH]c1=O. The van der Waals surface area contributed by atoms with E-state index in [1.165, 1.54) is 18.5 Å².